The van der Waals surface area contributed by atoms with Crippen molar-refractivity contribution in [1.82, 2.24) is 40.4 Å². The number of alkyl carbamates (subject to hydrolysis) is 1. The highest BCUT2D eigenvalue weighted by Gasteiger charge is 2.51. The van der Waals surface area contributed by atoms with Gasteiger partial charge in [-0.15, -0.1) is 0 Å². The first kappa shape index (κ1) is 41.2. The molecule has 0 spiro atoms. The zero-order valence-corrected chi connectivity index (χ0v) is 36.4. The van der Waals surface area contributed by atoms with Crippen molar-refractivity contribution in [2.75, 3.05) is 19.9 Å². The summed E-state index contributed by atoms with van der Waals surface area (Å²) in [6.45, 7) is 11.5. The highest BCUT2D eigenvalue weighted by molar-refractivity contribution is 6.78. The maximum absolute atomic E-state index is 14.0. The van der Waals surface area contributed by atoms with Gasteiger partial charge in [0, 0.05) is 17.6 Å². The summed E-state index contributed by atoms with van der Waals surface area (Å²) in [5.41, 5.74) is 5.74. The van der Waals surface area contributed by atoms with E-state index in [2.05, 4.69) is 82.2 Å². The van der Waals surface area contributed by atoms with E-state index in [1.807, 2.05) is 49.8 Å². The Kier molecular flexibility index (Phi) is 11.1. The lowest BCUT2D eigenvalue weighted by Gasteiger charge is -2.37. The molecule has 5 aromatic rings. The number of aromatic amines is 2. The van der Waals surface area contributed by atoms with Gasteiger partial charge in [-0.25, -0.2) is 14.8 Å². The Morgan fingerprint density at radius 2 is 1.58 bits per heavy atom. The van der Waals surface area contributed by atoms with Crippen molar-refractivity contribution in [1.29, 1.82) is 0 Å². The number of aliphatic hydroxyl groups is 1. The van der Waals surface area contributed by atoms with E-state index in [9.17, 15) is 24.3 Å². The predicted molar refractivity (Wildman–Crippen MR) is 232 cm³/mol. The number of likely N-dealkylation sites (tertiary alicyclic amines) is 1. The van der Waals surface area contributed by atoms with E-state index in [4.69, 9.17) is 14.7 Å². The summed E-state index contributed by atoms with van der Waals surface area (Å²) in [6, 6.07) is 18.0. The molecule has 2 bridgehead atoms. The van der Waals surface area contributed by atoms with Gasteiger partial charge in [0.1, 0.15) is 30.3 Å². The number of fused-ring (bicyclic) bond motifs is 5. The second kappa shape index (κ2) is 16.1. The molecule has 14 nitrogen and oxygen atoms in total. The van der Waals surface area contributed by atoms with Crippen LogP contribution in [0.25, 0.3) is 44.2 Å². The van der Waals surface area contributed by atoms with Crippen LogP contribution in [0.5, 0.6) is 0 Å². The molecule has 15 heteroatoms. The van der Waals surface area contributed by atoms with E-state index in [0.717, 1.165) is 81.1 Å². The van der Waals surface area contributed by atoms with Gasteiger partial charge in [0.2, 0.25) is 17.7 Å². The molecule has 1 aliphatic carbocycles. The van der Waals surface area contributed by atoms with Crippen LogP contribution in [0.1, 0.15) is 70.7 Å². The van der Waals surface area contributed by atoms with Gasteiger partial charge in [-0.2, -0.15) is 0 Å². The number of carbonyl (C=O) groups excluding carboxylic acids is 4. The van der Waals surface area contributed by atoms with Crippen molar-refractivity contribution in [3.05, 3.63) is 72.4 Å². The molecule has 3 fully saturated rings. The van der Waals surface area contributed by atoms with E-state index in [1.165, 1.54) is 7.11 Å². The first-order valence-corrected chi connectivity index (χ1v) is 24.5. The number of nitrogens with zero attached hydrogens (tertiary/aromatic N) is 4. The number of hydrogen-bond acceptors (Lipinski definition) is 8. The number of H-pyrrole nitrogens is 2. The molecule has 3 aliphatic rings. The van der Waals surface area contributed by atoms with Crippen LogP contribution in [0.3, 0.4) is 0 Å². The minimum Gasteiger partial charge on any atom is -0.453 e. The van der Waals surface area contributed by atoms with Crippen molar-refractivity contribution in [3.8, 4) is 22.4 Å². The molecule has 2 aliphatic heterocycles. The fourth-order valence-electron chi connectivity index (χ4n) is 9.82. The summed E-state index contributed by atoms with van der Waals surface area (Å²) >= 11 is 0. The van der Waals surface area contributed by atoms with Crippen LogP contribution in [0, 0.1) is 17.8 Å². The Labute approximate surface area is 350 Å². The molecule has 3 aromatic carbocycles. The largest absolute Gasteiger partial charge is 0.453 e. The number of aliphatic hydroxyl groups excluding tert-OH is 1. The van der Waals surface area contributed by atoms with Gasteiger partial charge < -0.3 is 40.2 Å². The molecule has 316 valence electrons. The highest BCUT2D eigenvalue weighted by atomic mass is 28.3. The van der Waals surface area contributed by atoms with Gasteiger partial charge in [-0.3, -0.25) is 14.4 Å². The third-order valence-electron chi connectivity index (χ3n) is 12.8. The number of hydrogen-bond donors (Lipinski definition) is 5. The van der Waals surface area contributed by atoms with E-state index < -0.39 is 38.8 Å². The van der Waals surface area contributed by atoms with E-state index in [1.54, 1.807) is 0 Å². The molecular formula is C45H56N8O6Si. The Hall–Kier alpha value is -5.54. The molecule has 1 saturated carbocycles. The van der Waals surface area contributed by atoms with Gasteiger partial charge in [-0.1, -0.05) is 83.3 Å². The third-order valence-corrected chi connectivity index (χ3v) is 15.5. The number of methoxy groups -OCH3 is 1. The second-order valence-corrected chi connectivity index (χ2v) is 23.4. The first-order valence-electron chi connectivity index (χ1n) is 21.1. The Morgan fingerprint density at radius 1 is 0.883 bits per heavy atom. The van der Waals surface area contributed by atoms with Crippen LogP contribution in [-0.4, -0.2) is 105 Å². The normalized spacial score (nSPS) is 21.9. The summed E-state index contributed by atoms with van der Waals surface area (Å²) in [6.07, 6.45) is 4.80. The average Bonchev–Trinajstić information content (AvgIpc) is 4.09. The van der Waals surface area contributed by atoms with Crippen molar-refractivity contribution >= 4 is 53.7 Å². The van der Waals surface area contributed by atoms with Crippen LogP contribution >= 0.6 is 0 Å². The first-order chi connectivity index (χ1) is 28.7. The molecule has 8 rings (SSSR count). The lowest BCUT2D eigenvalue weighted by Crippen LogP contribution is -2.54. The number of carbonyl (C=O) groups is 4. The Bertz CT molecular complexity index is 2440. The minimum atomic E-state index is -1.79. The average molecular weight is 833 g/mol. The lowest BCUT2D eigenvalue weighted by molar-refractivity contribution is -0.139. The lowest BCUT2D eigenvalue weighted by atomic mass is 9.95. The summed E-state index contributed by atoms with van der Waals surface area (Å²) in [5.74, 6) is 0.763. The zero-order valence-electron chi connectivity index (χ0n) is 35.4. The maximum Gasteiger partial charge on any atom is 0.407 e. The number of amides is 4. The molecule has 5 unspecified atom stereocenters. The molecule has 2 aromatic heterocycles. The number of imidazole rings is 2. The van der Waals surface area contributed by atoms with Crippen molar-refractivity contribution in [3.63, 3.8) is 0 Å². The minimum absolute atomic E-state index is 0.0973. The van der Waals surface area contributed by atoms with Crippen LogP contribution in [0.2, 0.25) is 19.1 Å². The van der Waals surface area contributed by atoms with Crippen molar-refractivity contribution < 1.29 is 29.0 Å². The van der Waals surface area contributed by atoms with E-state index in [-0.39, 0.29) is 41.8 Å². The van der Waals surface area contributed by atoms with E-state index >= 15 is 0 Å². The quantitative estimate of drug-likeness (QED) is 0.0938. The Balaban J connectivity index is 1.01. The predicted octanol–water partition coefficient (Wildman–Crippen LogP) is 6.47. The number of ether oxygens (including phenoxy) is 1. The summed E-state index contributed by atoms with van der Waals surface area (Å²) in [4.78, 5) is 73.0. The highest BCUT2D eigenvalue weighted by Crippen LogP contribution is 2.50. The summed E-state index contributed by atoms with van der Waals surface area (Å²) in [5, 5.41) is 17.0. The standard InChI is InChI=1S/C45H56N8O6Si/c1-24(2)37(49-36(55)21-54)43(56)52-23-60(6,7)22-35(52)41-47-33-17-14-29-18-28(13-16-32(29)39(33)50-41)26-8-10-27(11-9-26)34-20-46-42(48-34)40-30-12-15-31(19-30)53(40)44(57)38(25(3)4)51-45(58)59-5/h8-11,13-14,16-18,20,24-25,30-31,35,37-38,40,54H,12,15,19,21-23H2,1-7H3,(H,46,48)(H,47,50)(H,49,55)(H,51,58)/t30?,31?,35-,37?,38?,40?/m0/s1. The molecule has 4 heterocycles. The molecule has 6 atom stereocenters. The molecular weight excluding hydrogens is 777 g/mol. The van der Waals surface area contributed by atoms with Crippen LogP contribution in [0.4, 0.5) is 4.79 Å². The van der Waals surface area contributed by atoms with Crippen LogP contribution in [0.15, 0.2) is 60.8 Å². The fourth-order valence-corrected chi connectivity index (χ4v) is 12.7. The molecule has 5 N–H and O–H groups in total. The topological polar surface area (TPSA) is 186 Å². The van der Waals surface area contributed by atoms with Gasteiger partial charge in [0.15, 0.2) is 0 Å². The third kappa shape index (κ3) is 7.68. The number of nitrogens with one attached hydrogen (secondary N) is 4. The second-order valence-electron chi connectivity index (χ2n) is 18.3. The van der Waals surface area contributed by atoms with Gasteiger partial charge in [0.05, 0.1) is 50.2 Å². The molecule has 2 saturated heterocycles. The number of piperidine rings is 1. The SMILES string of the molecule is COC(=O)NC(C(=O)N1C2CCC(C2)C1c1ncc(-c2ccc(-c3ccc4c(ccc5nc([C@@H]6C[Si](C)(C)CN6C(=O)C(NC(=O)CO)C(C)C)[nH]c54)c3)cc2)[nH]1)C(C)C. The Morgan fingerprint density at radius 3 is 2.28 bits per heavy atom. The van der Waals surface area contributed by atoms with Crippen LogP contribution < -0.4 is 10.6 Å². The van der Waals surface area contributed by atoms with Gasteiger partial charge in [-0.05, 0) is 77.3 Å². The molecule has 60 heavy (non-hydrogen) atoms. The summed E-state index contributed by atoms with van der Waals surface area (Å²) in [7, 11) is -0.489. The number of rotatable bonds is 11. The van der Waals surface area contributed by atoms with Gasteiger partial charge >= 0.3 is 6.09 Å². The van der Waals surface area contributed by atoms with Crippen molar-refractivity contribution in [2.24, 2.45) is 17.8 Å². The molecule has 4 amide bonds. The molecule has 0 radical (unpaired) electrons. The summed E-state index contributed by atoms with van der Waals surface area (Å²) < 4.78 is 4.83. The smallest absolute Gasteiger partial charge is 0.407 e. The maximum atomic E-state index is 14.0. The van der Waals surface area contributed by atoms with E-state index in [0.29, 0.717) is 12.1 Å². The monoisotopic (exact) mass is 832 g/mol. The number of benzene rings is 3. The fraction of sp³-hybridized carbons (Fsp3) is 0.467. The van der Waals surface area contributed by atoms with Crippen molar-refractivity contribution in [2.45, 2.75) is 96.3 Å². The van der Waals surface area contributed by atoms with Gasteiger partial charge in [0.25, 0.3) is 0 Å². The van der Waals surface area contributed by atoms with Crippen LogP contribution in [-0.2, 0) is 19.1 Å². The number of aromatic nitrogens is 4. The zero-order chi connectivity index (χ0) is 42.6.